The number of anilines is 1. The second-order valence-electron chi connectivity index (χ2n) is 7.09. The van der Waals surface area contributed by atoms with E-state index in [0.717, 1.165) is 45.8 Å². The molecule has 150 valence electrons. The van der Waals surface area contributed by atoms with Gasteiger partial charge < -0.3 is 5.32 Å². The molecule has 0 fully saturated rings. The van der Waals surface area contributed by atoms with Crippen LogP contribution < -0.4 is 5.32 Å². The number of amides is 1. The lowest BCUT2D eigenvalue weighted by molar-refractivity contribution is 0.101. The molecule has 3 aromatic carbocycles. The molecule has 0 radical (unpaired) electrons. The third-order valence-electron chi connectivity index (χ3n) is 4.88. The number of halogens is 2. The van der Waals surface area contributed by atoms with Crippen LogP contribution in [0.15, 0.2) is 66.7 Å². The molecular weight excluding hydrogens is 384 g/mol. The zero-order chi connectivity index (χ0) is 21.3. The smallest absolute Gasteiger partial charge is 0.261 e. The van der Waals surface area contributed by atoms with E-state index in [-0.39, 0.29) is 0 Å². The lowest BCUT2D eigenvalue weighted by Gasteiger charge is -2.11. The lowest BCUT2D eigenvalue weighted by Crippen LogP contribution is -2.15. The highest BCUT2D eigenvalue weighted by Gasteiger charge is 2.17. The van der Waals surface area contributed by atoms with Crippen molar-refractivity contribution in [3.8, 4) is 22.4 Å². The van der Waals surface area contributed by atoms with Crippen molar-refractivity contribution in [3.05, 3.63) is 95.2 Å². The molecule has 0 bridgehead atoms. The minimum absolute atomic E-state index is 0.447. The summed E-state index contributed by atoms with van der Waals surface area (Å²) in [5.41, 5.74) is 5.78. The van der Waals surface area contributed by atoms with Crippen molar-refractivity contribution in [2.24, 2.45) is 0 Å². The molecule has 0 spiro atoms. The fourth-order valence-corrected chi connectivity index (χ4v) is 3.30. The van der Waals surface area contributed by atoms with Crippen LogP contribution >= 0.6 is 0 Å². The Balaban J connectivity index is 1.59. The zero-order valence-electron chi connectivity index (χ0n) is 16.5. The number of hydrogen-bond donors (Lipinski definition) is 2. The van der Waals surface area contributed by atoms with E-state index in [1.54, 1.807) is 12.1 Å². The maximum absolute atomic E-state index is 13.8. The molecule has 6 heteroatoms. The van der Waals surface area contributed by atoms with Crippen molar-refractivity contribution in [1.82, 2.24) is 10.2 Å². The van der Waals surface area contributed by atoms with Gasteiger partial charge in [-0.15, -0.1) is 0 Å². The van der Waals surface area contributed by atoms with Crippen molar-refractivity contribution < 1.29 is 13.6 Å². The Hall–Kier alpha value is -3.80. The summed E-state index contributed by atoms with van der Waals surface area (Å²) in [4.78, 5) is 12.3. The maximum Gasteiger partial charge on any atom is 0.261 e. The van der Waals surface area contributed by atoms with Gasteiger partial charge in [0, 0.05) is 16.9 Å². The van der Waals surface area contributed by atoms with E-state index in [0.29, 0.717) is 5.69 Å². The van der Waals surface area contributed by atoms with Gasteiger partial charge in [-0.25, -0.2) is 8.78 Å². The number of carbonyl (C=O) groups excluding carboxylic acids is 1. The highest BCUT2D eigenvalue weighted by molar-refractivity contribution is 6.04. The molecule has 4 nitrogen and oxygen atoms in total. The predicted octanol–water partition coefficient (Wildman–Crippen LogP) is 5.89. The molecule has 0 aliphatic carbocycles. The third-order valence-corrected chi connectivity index (χ3v) is 4.88. The van der Waals surface area contributed by atoms with E-state index in [2.05, 4.69) is 21.6 Å². The van der Waals surface area contributed by atoms with Gasteiger partial charge in [-0.1, -0.05) is 30.3 Å². The molecular formula is C24H19F2N3O. The average Bonchev–Trinajstić information content (AvgIpc) is 3.15. The van der Waals surface area contributed by atoms with Crippen molar-refractivity contribution in [1.29, 1.82) is 0 Å². The Labute approximate surface area is 172 Å². The fraction of sp³-hybridized carbons (Fsp3) is 0.0833. The van der Waals surface area contributed by atoms with Gasteiger partial charge in [-0.3, -0.25) is 9.89 Å². The molecule has 0 atom stereocenters. The molecule has 1 amide bonds. The molecule has 1 aromatic heterocycles. The number of benzene rings is 3. The number of nitrogens with zero attached hydrogens (tertiary/aromatic N) is 1. The van der Waals surface area contributed by atoms with Crippen LogP contribution in [0.25, 0.3) is 22.4 Å². The van der Waals surface area contributed by atoms with Crippen molar-refractivity contribution in [2.45, 2.75) is 13.8 Å². The number of nitrogens with one attached hydrogen (secondary N) is 2. The summed E-state index contributed by atoms with van der Waals surface area (Å²) in [5.74, 6) is -2.62. The van der Waals surface area contributed by atoms with Crippen molar-refractivity contribution >= 4 is 11.6 Å². The van der Waals surface area contributed by atoms with Gasteiger partial charge in [-0.2, -0.15) is 5.10 Å². The van der Waals surface area contributed by atoms with Crippen molar-refractivity contribution in [3.63, 3.8) is 0 Å². The van der Waals surface area contributed by atoms with Gasteiger partial charge >= 0.3 is 0 Å². The van der Waals surface area contributed by atoms with E-state index in [1.807, 2.05) is 44.2 Å². The number of aromatic amines is 1. The van der Waals surface area contributed by atoms with E-state index in [1.165, 1.54) is 6.07 Å². The summed E-state index contributed by atoms with van der Waals surface area (Å²) in [7, 11) is 0. The maximum atomic E-state index is 13.8. The summed E-state index contributed by atoms with van der Waals surface area (Å²) in [6, 6.07) is 18.5. The third kappa shape index (κ3) is 3.85. The van der Waals surface area contributed by atoms with E-state index < -0.39 is 23.1 Å². The van der Waals surface area contributed by atoms with Crippen LogP contribution in [0.4, 0.5) is 14.5 Å². The number of aryl methyl sites for hydroxylation is 2. The highest BCUT2D eigenvalue weighted by Crippen LogP contribution is 2.30. The van der Waals surface area contributed by atoms with Crippen LogP contribution in [-0.4, -0.2) is 16.1 Å². The van der Waals surface area contributed by atoms with E-state index in [9.17, 15) is 13.6 Å². The second kappa shape index (κ2) is 7.91. The topological polar surface area (TPSA) is 57.8 Å². The summed E-state index contributed by atoms with van der Waals surface area (Å²) < 4.78 is 27.6. The van der Waals surface area contributed by atoms with Crippen LogP contribution in [0.3, 0.4) is 0 Å². The largest absolute Gasteiger partial charge is 0.322 e. The van der Waals surface area contributed by atoms with Crippen LogP contribution in [-0.2, 0) is 0 Å². The van der Waals surface area contributed by atoms with Crippen LogP contribution in [0, 0.1) is 25.5 Å². The molecule has 1 heterocycles. The Morgan fingerprint density at radius 1 is 0.900 bits per heavy atom. The number of rotatable bonds is 4. The molecule has 2 N–H and O–H groups in total. The normalized spacial score (nSPS) is 10.8. The summed E-state index contributed by atoms with van der Waals surface area (Å²) in [6.45, 7) is 3.97. The SMILES string of the molecule is Cc1cc(-c2ccc(C)c(-c3ccc(NC(=O)c4c(F)cccc4F)cc3)c2)n[nH]1. The first-order valence-electron chi connectivity index (χ1n) is 9.41. The molecule has 4 rings (SSSR count). The zero-order valence-corrected chi connectivity index (χ0v) is 16.5. The Morgan fingerprint density at radius 3 is 2.20 bits per heavy atom. The lowest BCUT2D eigenvalue weighted by atomic mass is 9.97. The van der Waals surface area contributed by atoms with Gasteiger partial charge in [0.2, 0.25) is 0 Å². The minimum Gasteiger partial charge on any atom is -0.322 e. The molecule has 0 aliphatic heterocycles. The first kappa shape index (κ1) is 19.5. The average molecular weight is 403 g/mol. The summed E-state index contributed by atoms with van der Waals surface area (Å²) in [6.07, 6.45) is 0. The number of H-pyrrole nitrogens is 1. The van der Waals surface area contributed by atoms with Crippen LogP contribution in [0.5, 0.6) is 0 Å². The van der Waals surface area contributed by atoms with Gasteiger partial charge in [-0.05, 0) is 66.9 Å². The first-order valence-corrected chi connectivity index (χ1v) is 9.41. The Morgan fingerprint density at radius 2 is 1.57 bits per heavy atom. The van der Waals surface area contributed by atoms with Crippen molar-refractivity contribution in [2.75, 3.05) is 5.32 Å². The monoisotopic (exact) mass is 403 g/mol. The fourth-order valence-electron chi connectivity index (χ4n) is 3.30. The van der Waals surface area contributed by atoms with E-state index >= 15 is 0 Å². The number of carbonyl (C=O) groups is 1. The molecule has 0 unspecified atom stereocenters. The van der Waals surface area contributed by atoms with Crippen LogP contribution in [0.1, 0.15) is 21.6 Å². The standard InChI is InChI=1S/C24H19F2N3O/c1-14-6-7-17(22-12-15(2)28-29-22)13-19(14)16-8-10-18(11-9-16)27-24(30)23-20(25)4-3-5-21(23)26/h3-13H,1-2H3,(H,27,30)(H,28,29). The quantitative estimate of drug-likeness (QED) is 0.446. The van der Waals surface area contributed by atoms with E-state index in [4.69, 9.17) is 0 Å². The van der Waals surface area contributed by atoms with Gasteiger partial charge in [0.05, 0.1) is 5.69 Å². The minimum atomic E-state index is -0.898. The molecule has 0 aliphatic rings. The molecule has 0 saturated heterocycles. The van der Waals surface area contributed by atoms with Crippen LogP contribution in [0.2, 0.25) is 0 Å². The second-order valence-corrected chi connectivity index (χ2v) is 7.09. The van der Waals surface area contributed by atoms with Gasteiger partial charge in [0.25, 0.3) is 5.91 Å². The van der Waals surface area contributed by atoms with Gasteiger partial charge in [0.1, 0.15) is 17.2 Å². The highest BCUT2D eigenvalue weighted by atomic mass is 19.1. The summed E-state index contributed by atoms with van der Waals surface area (Å²) >= 11 is 0. The number of hydrogen-bond acceptors (Lipinski definition) is 2. The predicted molar refractivity (Wildman–Crippen MR) is 113 cm³/mol. The molecule has 4 aromatic rings. The van der Waals surface area contributed by atoms with Gasteiger partial charge in [0.15, 0.2) is 0 Å². The molecule has 30 heavy (non-hydrogen) atoms. The molecule has 0 saturated carbocycles. The Bertz CT molecular complexity index is 1210. The number of aromatic nitrogens is 2. The Kier molecular flexibility index (Phi) is 5.14. The first-order chi connectivity index (χ1) is 14.4. The summed E-state index contributed by atoms with van der Waals surface area (Å²) in [5, 5.41) is 9.79.